The Balaban J connectivity index is 0. The molecule has 0 aliphatic carbocycles. The Bertz CT molecular complexity index is 306. The summed E-state index contributed by atoms with van der Waals surface area (Å²) in [5.74, 6) is 0. The van der Waals surface area contributed by atoms with Crippen LogP contribution in [0.3, 0.4) is 0 Å². The highest BCUT2D eigenvalue weighted by Crippen LogP contribution is 2.20. The maximum Gasteiger partial charge on any atom is 0.0786 e. The topological polar surface area (TPSA) is 0 Å². The van der Waals surface area contributed by atoms with Gasteiger partial charge in [0.15, 0.2) is 0 Å². The van der Waals surface area contributed by atoms with E-state index in [9.17, 15) is 0 Å². The van der Waals surface area contributed by atoms with Crippen LogP contribution in [0.15, 0.2) is 0 Å². The van der Waals surface area contributed by atoms with Gasteiger partial charge >= 0.3 is 0 Å². The van der Waals surface area contributed by atoms with Crippen LogP contribution in [0.25, 0.3) is 0 Å². The Morgan fingerprint density at radius 1 is 0.273 bits per heavy atom. The van der Waals surface area contributed by atoms with E-state index in [1.165, 1.54) is 164 Å². The van der Waals surface area contributed by atoms with Crippen molar-refractivity contribution in [2.75, 3.05) is 52.4 Å². The van der Waals surface area contributed by atoms with Crippen LogP contribution in [0.2, 0.25) is 0 Å². The Kier molecular flexibility index (Phi) is 26.0. The monoisotopic (exact) mass is 533 g/mol. The molecule has 0 unspecified atom stereocenters. The smallest absolute Gasteiger partial charge is 0.0786 e. The van der Waals surface area contributed by atoms with Gasteiger partial charge in [0.25, 0.3) is 0 Å². The average molecular weight is 535 g/mol. The van der Waals surface area contributed by atoms with E-state index >= 15 is 0 Å². The molecule has 0 bridgehead atoms. The maximum absolute atomic E-state index is 2.37. The minimum atomic E-state index is 0. The van der Waals surface area contributed by atoms with Gasteiger partial charge < -0.3 is 25.9 Å². The Hall–Kier alpha value is 0.400. The lowest BCUT2D eigenvalue weighted by molar-refractivity contribution is -0.929. The van der Waals surface area contributed by atoms with E-state index in [2.05, 4.69) is 41.5 Å². The van der Waals surface area contributed by atoms with Gasteiger partial charge in [-0.3, -0.25) is 0 Å². The van der Waals surface area contributed by atoms with Crippen molar-refractivity contribution in [2.45, 2.75) is 144 Å². The number of unbranched alkanes of at least 4 members (excludes halogenated alkanes) is 9. The van der Waals surface area contributed by atoms with Gasteiger partial charge in [-0.1, -0.05) is 80.1 Å². The van der Waals surface area contributed by atoms with Gasteiger partial charge in [0, 0.05) is 0 Å². The molecule has 0 heterocycles. The summed E-state index contributed by atoms with van der Waals surface area (Å²) in [4.78, 5) is 0. The summed E-state index contributed by atoms with van der Waals surface area (Å²) in [7, 11) is 0. The van der Waals surface area contributed by atoms with Crippen LogP contribution in [-0.4, -0.2) is 61.3 Å². The zero-order valence-corrected chi connectivity index (χ0v) is 25.8. The van der Waals surface area contributed by atoms with E-state index in [4.69, 9.17) is 0 Å². The molecule has 0 atom stereocenters. The highest BCUT2D eigenvalue weighted by Gasteiger charge is 2.26. The number of hydrogen-bond donors (Lipinski definition) is 0. The molecule has 33 heavy (non-hydrogen) atoms. The van der Waals surface area contributed by atoms with Crippen molar-refractivity contribution in [3.05, 3.63) is 0 Å². The summed E-state index contributed by atoms with van der Waals surface area (Å²) in [5.41, 5.74) is 0. The third-order valence-electron chi connectivity index (χ3n) is 7.93. The molecule has 0 N–H and O–H groups in total. The second-order valence-electron chi connectivity index (χ2n) is 11.0. The van der Waals surface area contributed by atoms with Crippen molar-refractivity contribution >= 4 is 0 Å². The molecule has 3 heteroatoms. The molecular weight excluding hydrogens is 468 g/mol. The normalized spacial score (nSPS) is 12.2. The first kappa shape index (κ1) is 35.6. The van der Waals surface area contributed by atoms with Crippen molar-refractivity contribution in [3.8, 4) is 0 Å². The fraction of sp³-hybridized carbons (Fsp3) is 1.00. The molecule has 0 fully saturated rings. The summed E-state index contributed by atoms with van der Waals surface area (Å²) in [6.45, 7) is 25.7. The molecule has 0 saturated heterocycles. The van der Waals surface area contributed by atoms with Gasteiger partial charge in [0.1, 0.15) is 0 Å². The molecule has 0 aromatic carbocycles. The molecule has 202 valence electrons. The number of nitrogens with zero attached hydrogens (tertiary/aromatic N) is 2. The quantitative estimate of drug-likeness (QED) is 0.0998. The van der Waals surface area contributed by atoms with E-state index in [0.29, 0.717) is 0 Å². The third kappa shape index (κ3) is 17.5. The standard InChI is InChI=1S/C30H66N2.BrH/c1-7-13-23-31(24-14-8-2,25-15-9-3)29-21-19-20-22-30-32(26-16-10-4,27-17-11-5)28-18-12-6;/h7-30H2,1-6H3;1H/q+2;/p-1. The largest absolute Gasteiger partial charge is 1.00 e. The number of halogens is 1. The summed E-state index contributed by atoms with van der Waals surface area (Å²) in [6.07, 6.45) is 22.4. The van der Waals surface area contributed by atoms with Crippen molar-refractivity contribution in [3.63, 3.8) is 0 Å². The molecule has 0 spiro atoms. The lowest BCUT2D eigenvalue weighted by atomic mass is 10.1. The Morgan fingerprint density at radius 2 is 0.455 bits per heavy atom. The van der Waals surface area contributed by atoms with Crippen LogP contribution < -0.4 is 17.0 Å². The maximum atomic E-state index is 2.37. The zero-order valence-electron chi connectivity index (χ0n) is 24.2. The van der Waals surface area contributed by atoms with Crippen LogP contribution in [-0.2, 0) is 0 Å². The first-order chi connectivity index (χ1) is 15.6. The van der Waals surface area contributed by atoms with Crippen LogP contribution in [0.1, 0.15) is 144 Å². The molecule has 0 amide bonds. The summed E-state index contributed by atoms with van der Waals surface area (Å²) >= 11 is 0. The summed E-state index contributed by atoms with van der Waals surface area (Å²) in [6, 6.07) is 0. The Labute approximate surface area is 222 Å². The van der Waals surface area contributed by atoms with Gasteiger partial charge in [-0.15, -0.1) is 0 Å². The molecule has 0 aromatic heterocycles. The lowest BCUT2D eigenvalue weighted by Gasteiger charge is -2.40. The SMILES string of the molecule is CCCC[N+](CCCC)(CCCC)CCCCCC[N+](CCCC)(CCCC)CCCC.[Br-]. The number of hydrogen-bond acceptors (Lipinski definition) is 0. The van der Waals surface area contributed by atoms with Crippen molar-refractivity contribution in [2.24, 2.45) is 0 Å². The van der Waals surface area contributed by atoms with Crippen LogP contribution in [0, 0.1) is 0 Å². The van der Waals surface area contributed by atoms with Gasteiger partial charge in [-0.25, -0.2) is 0 Å². The highest BCUT2D eigenvalue weighted by atomic mass is 79.9. The lowest BCUT2D eigenvalue weighted by Crippen LogP contribution is -3.00. The van der Waals surface area contributed by atoms with Crippen molar-refractivity contribution in [1.29, 1.82) is 0 Å². The molecule has 0 aromatic rings. The molecule has 0 saturated carbocycles. The van der Waals surface area contributed by atoms with Gasteiger partial charge in [-0.05, 0) is 64.2 Å². The van der Waals surface area contributed by atoms with Gasteiger partial charge in [0.2, 0.25) is 0 Å². The van der Waals surface area contributed by atoms with Crippen LogP contribution in [0.4, 0.5) is 0 Å². The second-order valence-corrected chi connectivity index (χ2v) is 11.0. The summed E-state index contributed by atoms with van der Waals surface area (Å²) in [5, 5.41) is 0. The van der Waals surface area contributed by atoms with Crippen LogP contribution in [0.5, 0.6) is 0 Å². The third-order valence-corrected chi connectivity index (χ3v) is 7.93. The van der Waals surface area contributed by atoms with E-state index in [1.54, 1.807) is 0 Å². The minimum absolute atomic E-state index is 0. The molecule has 2 nitrogen and oxygen atoms in total. The first-order valence-electron chi connectivity index (χ1n) is 15.3. The van der Waals surface area contributed by atoms with E-state index in [0.717, 1.165) is 0 Å². The van der Waals surface area contributed by atoms with Crippen molar-refractivity contribution < 1.29 is 25.9 Å². The summed E-state index contributed by atoms with van der Waals surface area (Å²) < 4.78 is 2.86. The predicted molar refractivity (Wildman–Crippen MR) is 147 cm³/mol. The number of quaternary nitrogens is 2. The second kappa shape index (κ2) is 24.1. The number of rotatable bonds is 25. The van der Waals surface area contributed by atoms with Crippen molar-refractivity contribution in [1.82, 2.24) is 0 Å². The van der Waals surface area contributed by atoms with E-state index in [-0.39, 0.29) is 17.0 Å². The average Bonchev–Trinajstić information content (AvgIpc) is 2.82. The van der Waals surface area contributed by atoms with E-state index in [1.807, 2.05) is 0 Å². The molecule has 0 aliphatic heterocycles. The minimum Gasteiger partial charge on any atom is -1.00 e. The Morgan fingerprint density at radius 3 is 0.636 bits per heavy atom. The van der Waals surface area contributed by atoms with Crippen LogP contribution >= 0.6 is 0 Å². The highest BCUT2D eigenvalue weighted by molar-refractivity contribution is 4.53. The molecule has 0 rings (SSSR count). The molecule has 0 radical (unpaired) electrons. The van der Waals surface area contributed by atoms with Gasteiger partial charge in [0.05, 0.1) is 52.4 Å². The fourth-order valence-corrected chi connectivity index (χ4v) is 5.55. The van der Waals surface area contributed by atoms with E-state index < -0.39 is 0 Å². The predicted octanol–water partition coefficient (Wildman–Crippen LogP) is 5.99. The zero-order chi connectivity index (χ0) is 24.0. The van der Waals surface area contributed by atoms with Gasteiger partial charge in [-0.2, -0.15) is 0 Å². The first-order valence-corrected chi connectivity index (χ1v) is 15.3. The fourth-order valence-electron chi connectivity index (χ4n) is 5.55. The molecule has 0 aliphatic rings. The molecular formula is C30H66BrN2+.